The number of nitrogens with two attached hydrogens (primary N) is 1. The second kappa shape index (κ2) is 5.07. The van der Waals surface area contributed by atoms with E-state index in [2.05, 4.69) is 39.0 Å². The fraction of sp³-hybridized carbons (Fsp3) is 0.667. The summed E-state index contributed by atoms with van der Waals surface area (Å²) in [5, 5.41) is 0. The van der Waals surface area contributed by atoms with Crippen LogP contribution in [0.15, 0.2) is 18.2 Å². The molecule has 1 aromatic carbocycles. The summed E-state index contributed by atoms with van der Waals surface area (Å²) in [5.41, 5.74) is 9.43. The van der Waals surface area contributed by atoms with Crippen LogP contribution in [0.4, 0.5) is 0 Å². The Labute approximate surface area is 122 Å². The lowest BCUT2D eigenvalue weighted by Gasteiger charge is -2.43. The van der Waals surface area contributed by atoms with Gasteiger partial charge in [0.15, 0.2) is 0 Å². The molecular formula is C18H27NO. The molecule has 3 unspecified atom stereocenters. The maximum absolute atomic E-state index is 6.48. The molecule has 1 aliphatic carbocycles. The Kier molecular flexibility index (Phi) is 3.53. The Morgan fingerprint density at radius 2 is 2.05 bits per heavy atom. The van der Waals surface area contributed by atoms with Crippen LogP contribution in [0.2, 0.25) is 0 Å². The Balaban J connectivity index is 1.87. The van der Waals surface area contributed by atoms with Crippen LogP contribution in [-0.2, 0) is 11.8 Å². The van der Waals surface area contributed by atoms with Gasteiger partial charge in [0.25, 0.3) is 0 Å². The average molecular weight is 273 g/mol. The first-order chi connectivity index (χ1) is 9.48. The topological polar surface area (TPSA) is 35.2 Å². The van der Waals surface area contributed by atoms with Crippen LogP contribution in [-0.4, -0.2) is 12.6 Å². The number of ether oxygens (including phenoxy) is 1. The van der Waals surface area contributed by atoms with E-state index < -0.39 is 0 Å². The average Bonchev–Trinajstić information content (AvgIpc) is 2.85. The first kappa shape index (κ1) is 13.9. The van der Waals surface area contributed by atoms with Crippen molar-refractivity contribution < 1.29 is 4.74 Å². The molecule has 110 valence electrons. The van der Waals surface area contributed by atoms with Gasteiger partial charge in [-0.1, -0.05) is 39.3 Å². The molecule has 3 atom stereocenters. The van der Waals surface area contributed by atoms with E-state index >= 15 is 0 Å². The van der Waals surface area contributed by atoms with Gasteiger partial charge >= 0.3 is 0 Å². The summed E-state index contributed by atoms with van der Waals surface area (Å²) in [5.74, 6) is 2.44. The Morgan fingerprint density at radius 1 is 1.25 bits per heavy atom. The van der Waals surface area contributed by atoms with E-state index in [1.54, 1.807) is 0 Å². The maximum atomic E-state index is 6.48. The molecule has 1 saturated carbocycles. The molecule has 2 N–H and O–H groups in total. The van der Waals surface area contributed by atoms with Gasteiger partial charge in [-0.25, -0.2) is 0 Å². The van der Waals surface area contributed by atoms with E-state index in [4.69, 9.17) is 10.5 Å². The van der Waals surface area contributed by atoms with Gasteiger partial charge in [0.2, 0.25) is 0 Å². The van der Waals surface area contributed by atoms with Gasteiger partial charge in [0, 0.05) is 12.5 Å². The monoisotopic (exact) mass is 273 g/mol. The zero-order valence-electron chi connectivity index (χ0n) is 13.0. The highest BCUT2D eigenvalue weighted by atomic mass is 16.5. The van der Waals surface area contributed by atoms with Gasteiger partial charge in [-0.3, -0.25) is 0 Å². The third kappa shape index (κ3) is 2.35. The minimum absolute atomic E-state index is 0.150. The van der Waals surface area contributed by atoms with Gasteiger partial charge < -0.3 is 10.5 Å². The molecule has 3 rings (SSSR count). The molecule has 2 aliphatic rings. The standard InChI is InChI=1S/C18H27NO/c1-12-4-6-15(16(19)10-12)18(2,3)14-5-7-17-13(11-14)8-9-20-17/h5,7,11-12,15-16H,4,6,8-10,19H2,1-3H3. The maximum Gasteiger partial charge on any atom is 0.122 e. The van der Waals surface area contributed by atoms with E-state index in [-0.39, 0.29) is 5.41 Å². The predicted octanol–water partition coefficient (Wildman–Crippen LogP) is 3.66. The van der Waals surface area contributed by atoms with E-state index in [0.29, 0.717) is 12.0 Å². The van der Waals surface area contributed by atoms with Crippen molar-refractivity contribution in [1.29, 1.82) is 0 Å². The summed E-state index contributed by atoms with van der Waals surface area (Å²) in [6, 6.07) is 7.08. The van der Waals surface area contributed by atoms with E-state index in [9.17, 15) is 0 Å². The molecule has 0 aromatic heterocycles. The highest BCUT2D eigenvalue weighted by Crippen LogP contribution is 2.43. The minimum Gasteiger partial charge on any atom is -0.493 e. The van der Waals surface area contributed by atoms with Crippen molar-refractivity contribution in [2.75, 3.05) is 6.61 Å². The summed E-state index contributed by atoms with van der Waals surface area (Å²) < 4.78 is 5.62. The zero-order chi connectivity index (χ0) is 14.3. The van der Waals surface area contributed by atoms with Gasteiger partial charge in [-0.15, -0.1) is 0 Å². The lowest BCUT2D eigenvalue weighted by molar-refractivity contribution is 0.171. The molecule has 2 nitrogen and oxygen atoms in total. The third-order valence-electron chi connectivity index (χ3n) is 5.52. The number of benzene rings is 1. The van der Waals surface area contributed by atoms with Crippen molar-refractivity contribution in [2.45, 2.75) is 57.9 Å². The van der Waals surface area contributed by atoms with Gasteiger partial charge in [-0.05, 0) is 47.3 Å². The summed E-state index contributed by atoms with van der Waals surface area (Å²) in [4.78, 5) is 0. The van der Waals surface area contributed by atoms with E-state index in [1.165, 1.54) is 30.4 Å². The highest BCUT2D eigenvalue weighted by Gasteiger charge is 2.38. The quantitative estimate of drug-likeness (QED) is 0.892. The van der Waals surface area contributed by atoms with Crippen molar-refractivity contribution in [1.82, 2.24) is 0 Å². The largest absolute Gasteiger partial charge is 0.493 e. The lowest BCUT2D eigenvalue weighted by Crippen LogP contribution is -2.45. The second-order valence-corrected chi connectivity index (χ2v) is 7.33. The summed E-state index contributed by atoms with van der Waals surface area (Å²) in [6.45, 7) is 7.89. The van der Waals surface area contributed by atoms with Crippen LogP contribution in [0.3, 0.4) is 0 Å². The smallest absolute Gasteiger partial charge is 0.122 e. The van der Waals surface area contributed by atoms with E-state index in [1.807, 2.05) is 0 Å². The third-order valence-corrected chi connectivity index (χ3v) is 5.52. The molecule has 2 heteroatoms. The zero-order valence-corrected chi connectivity index (χ0v) is 13.0. The predicted molar refractivity (Wildman–Crippen MR) is 83.1 cm³/mol. The molecule has 0 spiro atoms. The van der Waals surface area contributed by atoms with Gasteiger partial charge in [0.05, 0.1) is 6.61 Å². The van der Waals surface area contributed by atoms with Gasteiger partial charge in [0.1, 0.15) is 5.75 Å². The first-order valence-electron chi connectivity index (χ1n) is 8.00. The van der Waals surface area contributed by atoms with Crippen molar-refractivity contribution in [3.8, 4) is 5.75 Å². The van der Waals surface area contributed by atoms with Crippen LogP contribution in [0.1, 0.15) is 51.2 Å². The summed E-state index contributed by atoms with van der Waals surface area (Å²) >= 11 is 0. The van der Waals surface area contributed by atoms with Crippen LogP contribution < -0.4 is 10.5 Å². The normalized spacial score (nSPS) is 29.9. The number of hydrogen-bond acceptors (Lipinski definition) is 2. The van der Waals surface area contributed by atoms with Crippen molar-refractivity contribution in [3.63, 3.8) is 0 Å². The minimum atomic E-state index is 0.150. The van der Waals surface area contributed by atoms with E-state index in [0.717, 1.165) is 24.7 Å². The number of fused-ring (bicyclic) bond motifs is 1. The summed E-state index contributed by atoms with van der Waals surface area (Å²) in [6.07, 6.45) is 4.79. The molecule has 0 radical (unpaired) electrons. The Morgan fingerprint density at radius 3 is 2.80 bits per heavy atom. The fourth-order valence-corrected chi connectivity index (χ4v) is 4.12. The summed E-state index contributed by atoms with van der Waals surface area (Å²) in [7, 11) is 0. The van der Waals surface area contributed by atoms with Crippen LogP contribution in [0.25, 0.3) is 0 Å². The van der Waals surface area contributed by atoms with Crippen molar-refractivity contribution in [3.05, 3.63) is 29.3 Å². The van der Waals surface area contributed by atoms with Crippen molar-refractivity contribution in [2.24, 2.45) is 17.6 Å². The molecule has 1 aliphatic heterocycles. The van der Waals surface area contributed by atoms with Crippen LogP contribution >= 0.6 is 0 Å². The molecule has 0 amide bonds. The molecule has 1 aromatic rings. The Bertz CT molecular complexity index is 494. The van der Waals surface area contributed by atoms with Crippen molar-refractivity contribution >= 4 is 0 Å². The first-order valence-corrected chi connectivity index (χ1v) is 8.00. The lowest BCUT2D eigenvalue weighted by atomic mass is 9.64. The molecule has 0 saturated heterocycles. The molecule has 1 heterocycles. The highest BCUT2D eigenvalue weighted by molar-refractivity contribution is 5.42. The number of hydrogen-bond donors (Lipinski definition) is 1. The SMILES string of the molecule is CC1CCC(C(C)(C)c2ccc3c(c2)CCO3)C(N)C1. The molecular weight excluding hydrogens is 246 g/mol. The molecule has 20 heavy (non-hydrogen) atoms. The molecule has 0 bridgehead atoms. The van der Waals surface area contributed by atoms with Crippen LogP contribution in [0.5, 0.6) is 5.75 Å². The molecule has 1 fully saturated rings. The number of rotatable bonds is 2. The Hall–Kier alpha value is -1.02. The second-order valence-electron chi connectivity index (χ2n) is 7.33. The van der Waals surface area contributed by atoms with Crippen LogP contribution in [0, 0.1) is 11.8 Å². The fourth-order valence-electron chi connectivity index (χ4n) is 4.12. The van der Waals surface area contributed by atoms with Gasteiger partial charge in [-0.2, -0.15) is 0 Å².